The van der Waals surface area contributed by atoms with Crippen LogP contribution in [0.25, 0.3) is 0 Å². The van der Waals surface area contributed by atoms with E-state index in [1.54, 1.807) is 0 Å². The Kier molecular flexibility index (Phi) is 5.38. The fourth-order valence-electron chi connectivity index (χ4n) is 3.38. The Balaban J connectivity index is 1.96. The molecular formula is C21H25N3O2. The third-order valence-corrected chi connectivity index (χ3v) is 4.85. The third-order valence-electron chi connectivity index (χ3n) is 4.85. The minimum Gasteiger partial charge on any atom is -0.330 e. The van der Waals surface area contributed by atoms with Crippen molar-refractivity contribution in [2.45, 2.75) is 39.0 Å². The van der Waals surface area contributed by atoms with E-state index in [0.29, 0.717) is 19.4 Å². The number of hydrogen-bond acceptors (Lipinski definition) is 3. The van der Waals surface area contributed by atoms with Crippen molar-refractivity contribution in [3.63, 3.8) is 0 Å². The lowest BCUT2D eigenvalue weighted by Crippen LogP contribution is -2.24. The van der Waals surface area contributed by atoms with Crippen molar-refractivity contribution in [3.8, 4) is 0 Å². The Labute approximate surface area is 154 Å². The fourth-order valence-corrected chi connectivity index (χ4v) is 3.38. The monoisotopic (exact) mass is 351 g/mol. The van der Waals surface area contributed by atoms with Crippen molar-refractivity contribution >= 4 is 23.2 Å². The Morgan fingerprint density at radius 1 is 1.27 bits per heavy atom. The zero-order valence-electron chi connectivity index (χ0n) is 15.3. The van der Waals surface area contributed by atoms with Crippen LogP contribution >= 0.6 is 0 Å². The molecule has 0 radical (unpaired) electrons. The molecule has 0 bridgehead atoms. The van der Waals surface area contributed by atoms with Crippen molar-refractivity contribution in [2.24, 2.45) is 5.73 Å². The van der Waals surface area contributed by atoms with Crippen molar-refractivity contribution in [1.29, 1.82) is 0 Å². The van der Waals surface area contributed by atoms with E-state index in [-0.39, 0.29) is 17.7 Å². The molecule has 2 aromatic carbocycles. The number of rotatable bonds is 5. The fraction of sp³-hybridized carbons (Fsp3) is 0.333. The molecule has 4 N–H and O–H groups in total. The standard InChI is InChI=1S/C21H25N3O2/c1-3-20(25)23-18-12-19-17(10-13(18)2)16(11-21(26)24-19)15-6-4-14(5-7-15)8-9-22/h4-7,10,12,16H,3,8-9,11,22H2,1-2H3,(H,23,25)(H,24,26). The maximum Gasteiger partial charge on any atom is 0.225 e. The number of amides is 2. The zero-order valence-corrected chi connectivity index (χ0v) is 15.3. The van der Waals surface area contributed by atoms with E-state index in [9.17, 15) is 9.59 Å². The second-order valence-corrected chi connectivity index (χ2v) is 6.74. The van der Waals surface area contributed by atoms with Gasteiger partial charge in [-0.2, -0.15) is 0 Å². The maximum absolute atomic E-state index is 12.2. The largest absolute Gasteiger partial charge is 0.330 e. The van der Waals surface area contributed by atoms with Crippen molar-refractivity contribution in [2.75, 3.05) is 17.2 Å². The van der Waals surface area contributed by atoms with Crippen LogP contribution in [0.3, 0.4) is 0 Å². The van der Waals surface area contributed by atoms with E-state index in [2.05, 4.69) is 41.0 Å². The van der Waals surface area contributed by atoms with Gasteiger partial charge >= 0.3 is 0 Å². The summed E-state index contributed by atoms with van der Waals surface area (Å²) in [5.41, 5.74) is 11.5. The van der Waals surface area contributed by atoms with Crippen LogP contribution in [-0.2, 0) is 16.0 Å². The molecule has 1 unspecified atom stereocenters. The molecule has 0 saturated carbocycles. The number of nitrogens with one attached hydrogen (secondary N) is 2. The average molecular weight is 351 g/mol. The molecule has 0 fully saturated rings. The Morgan fingerprint density at radius 2 is 2.00 bits per heavy atom. The van der Waals surface area contributed by atoms with Gasteiger partial charge in [-0.05, 0) is 48.2 Å². The van der Waals surface area contributed by atoms with Crippen LogP contribution in [0.5, 0.6) is 0 Å². The lowest BCUT2D eigenvalue weighted by atomic mass is 9.83. The van der Waals surface area contributed by atoms with E-state index in [1.807, 2.05) is 19.9 Å². The van der Waals surface area contributed by atoms with Gasteiger partial charge in [0.15, 0.2) is 0 Å². The lowest BCUT2D eigenvalue weighted by Gasteiger charge is -2.27. The van der Waals surface area contributed by atoms with Gasteiger partial charge in [0.05, 0.1) is 0 Å². The van der Waals surface area contributed by atoms with Crippen LogP contribution in [0, 0.1) is 6.92 Å². The first-order valence-corrected chi connectivity index (χ1v) is 9.05. The summed E-state index contributed by atoms with van der Waals surface area (Å²) in [6.07, 6.45) is 1.69. The van der Waals surface area contributed by atoms with Gasteiger partial charge in [-0.3, -0.25) is 9.59 Å². The molecule has 5 nitrogen and oxygen atoms in total. The van der Waals surface area contributed by atoms with Crippen molar-refractivity contribution < 1.29 is 9.59 Å². The molecule has 1 aliphatic heterocycles. The van der Waals surface area contributed by atoms with Gasteiger partial charge in [-0.1, -0.05) is 37.3 Å². The average Bonchev–Trinajstić information content (AvgIpc) is 2.63. The molecule has 1 atom stereocenters. The van der Waals surface area contributed by atoms with Crippen LogP contribution in [0.15, 0.2) is 36.4 Å². The molecule has 5 heteroatoms. The van der Waals surface area contributed by atoms with Gasteiger partial charge in [0.2, 0.25) is 11.8 Å². The first-order valence-electron chi connectivity index (χ1n) is 9.05. The minimum absolute atomic E-state index is 0.00911. The summed E-state index contributed by atoms with van der Waals surface area (Å²) in [6, 6.07) is 12.3. The van der Waals surface area contributed by atoms with E-state index in [4.69, 9.17) is 5.73 Å². The number of anilines is 2. The van der Waals surface area contributed by atoms with E-state index in [0.717, 1.165) is 34.5 Å². The molecule has 1 heterocycles. The molecule has 2 aromatic rings. The van der Waals surface area contributed by atoms with E-state index in [1.165, 1.54) is 5.56 Å². The Morgan fingerprint density at radius 3 is 2.65 bits per heavy atom. The second kappa shape index (κ2) is 7.70. The minimum atomic E-state index is -0.0396. The summed E-state index contributed by atoms with van der Waals surface area (Å²) >= 11 is 0. The smallest absolute Gasteiger partial charge is 0.225 e. The summed E-state index contributed by atoms with van der Waals surface area (Å²) in [4.78, 5) is 24.0. The van der Waals surface area contributed by atoms with Crippen LogP contribution in [0.2, 0.25) is 0 Å². The molecule has 0 aliphatic carbocycles. The highest BCUT2D eigenvalue weighted by Crippen LogP contribution is 2.39. The number of benzene rings is 2. The topological polar surface area (TPSA) is 84.2 Å². The van der Waals surface area contributed by atoms with Gasteiger partial charge < -0.3 is 16.4 Å². The van der Waals surface area contributed by atoms with Crippen molar-refractivity contribution in [1.82, 2.24) is 0 Å². The molecule has 0 saturated heterocycles. The van der Waals surface area contributed by atoms with Gasteiger partial charge in [0.1, 0.15) is 0 Å². The number of carbonyl (C=O) groups excluding carboxylic acids is 2. The highest BCUT2D eigenvalue weighted by atomic mass is 16.2. The highest BCUT2D eigenvalue weighted by Gasteiger charge is 2.27. The van der Waals surface area contributed by atoms with Gasteiger partial charge in [-0.25, -0.2) is 0 Å². The summed E-state index contributed by atoms with van der Waals surface area (Å²) in [7, 11) is 0. The SMILES string of the molecule is CCC(=O)Nc1cc2c(cc1C)C(c1ccc(CCN)cc1)CC(=O)N2. The van der Waals surface area contributed by atoms with E-state index < -0.39 is 0 Å². The third kappa shape index (κ3) is 3.78. The van der Waals surface area contributed by atoms with Crippen LogP contribution in [0.4, 0.5) is 11.4 Å². The summed E-state index contributed by atoms with van der Waals surface area (Å²) in [5, 5.41) is 5.84. The summed E-state index contributed by atoms with van der Waals surface area (Å²) in [5.74, 6) is -0.0345. The molecule has 26 heavy (non-hydrogen) atoms. The molecule has 136 valence electrons. The van der Waals surface area contributed by atoms with Gasteiger partial charge in [0.25, 0.3) is 0 Å². The maximum atomic E-state index is 12.2. The Hall–Kier alpha value is -2.66. The number of hydrogen-bond donors (Lipinski definition) is 3. The van der Waals surface area contributed by atoms with Crippen molar-refractivity contribution in [3.05, 3.63) is 58.7 Å². The Bertz CT molecular complexity index is 828. The number of carbonyl (C=O) groups is 2. The number of nitrogens with two attached hydrogens (primary N) is 1. The summed E-state index contributed by atoms with van der Waals surface area (Å²) < 4.78 is 0. The predicted octanol–water partition coefficient (Wildman–Crippen LogP) is 3.32. The molecule has 2 amide bonds. The van der Waals surface area contributed by atoms with Crippen LogP contribution in [-0.4, -0.2) is 18.4 Å². The molecule has 1 aliphatic rings. The van der Waals surface area contributed by atoms with E-state index >= 15 is 0 Å². The quantitative estimate of drug-likeness (QED) is 0.772. The first kappa shape index (κ1) is 18.1. The molecular weight excluding hydrogens is 326 g/mol. The number of aryl methyl sites for hydroxylation is 1. The molecule has 0 aromatic heterocycles. The molecule has 0 spiro atoms. The normalized spacial score (nSPS) is 16.0. The lowest BCUT2D eigenvalue weighted by molar-refractivity contribution is -0.117. The first-order chi connectivity index (χ1) is 12.5. The van der Waals surface area contributed by atoms with Crippen LogP contribution in [0.1, 0.15) is 47.9 Å². The highest BCUT2D eigenvalue weighted by molar-refractivity contribution is 5.98. The second-order valence-electron chi connectivity index (χ2n) is 6.74. The summed E-state index contributed by atoms with van der Waals surface area (Å²) in [6.45, 7) is 4.41. The van der Waals surface area contributed by atoms with Crippen LogP contribution < -0.4 is 16.4 Å². The van der Waals surface area contributed by atoms with Gasteiger partial charge in [0, 0.05) is 30.1 Å². The zero-order chi connectivity index (χ0) is 18.7. The molecule has 3 rings (SSSR count). The number of fused-ring (bicyclic) bond motifs is 1. The predicted molar refractivity (Wildman–Crippen MR) is 104 cm³/mol. The van der Waals surface area contributed by atoms with Gasteiger partial charge in [-0.15, -0.1) is 0 Å².